The minimum Gasteiger partial charge on any atom is -0.369 e. The predicted molar refractivity (Wildman–Crippen MR) is 129 cm³/mol. The first-order valence-electron chi connectivity index (χ1n) is 11.5. The number of primary amides is 1. The van der Waals surface area contributed by atoms with Gasteiger partial charge in [-0.05, 0) is 61.0 Å². The Bertz CT molecular complexity index is 1110. The number of rotatable bonds is 8. The number of piperidine rings is 1. The molecular formula is C28H29FN2O2. The first-order chi connectivity index (χ1) is 16.0. The van der Waals surface area contributed by atoms with Crippen LogP contribution in [0.15, 0.2) is 72.8 Å². The number of benzene rings is 3. The Morgan fingerprint density at radius 3 is 2.27 bits per heavy atom. The monoisotopic (exact) mass is 444 g/mol. The number of Topliss-reactive ketones (excluding diaryl/α,β-unsaturated/α-hetero) is 1. The lowest BCUT2D eigenvalue weighted by atomic mass is 9.85. The summed E-state index contributed by atoms with van der Waals surface area (Å²) in [6.07, 6.45) is 2.25. The molecule has 0 aliphatic carbocycles. The summed E-state index contributed by atoms with van der Waals surface area (Å²) in [5, 5.41) is 3.33. The van der Waals surface area contributed by atoms with Crippen molar-refractivity contribution in [3.8, 4) is 11.1 Å². The molecule has 33 heavy (non-hydrogen) atoms. The summed E-state index contributed by atoms with van der Waals surface area (Å²) < 4.78 is 14.7. The third-order valence-electron chi connectivity index (χ3n) is 6.52. The van der Waals surface area contributed by atoms with Crippen LogP contribution in [0.1, 0.15) is 59.0 Å². The van der Waals surface area contributed by atoms with Crippen molar-refractivity contribution in [1.82, 2.24) is 5.32 Å². The number of halogens is 1. The second-order valence-electron chi connectivity index (χ2n) is 8.67. The fourth-order valence-corrected chi connectivity index (χ4v) is 4.59. The molecule has 1 aliphatic rings. The van der Waals surface area contributed by atoms with Crippen LogP contribution in [0.25, 0.3) is 11.1 Å². The Hall–Kier alpha value is -3.31. The van der Waals surface area contributed by atoms with Crippen LogP contribution in [-0.2, 0) is 4.79 Å². The van der Waals surface area contributed by atoms with Gasteiger partial charge in [-0.15, -0.1) is 0 Å². The van der Waals surface area contributed by atoms with Crippen LogP contribution in [-0.4, -0.2) is 24.8 Å². The van der Waals surface area contributed by atoms with Gasteiger partial charge in [0.1, 0.15) is 5.82 Å². The van der Waals surface area contributed by atoms with Crippen LogP contribution < -0.4 is 11.1 Å². The minimum absolute atomic E-state index is 0.0872. The van der Waals surface area contributed by atoms with Gasteiger partial charge in [0.2, 0.25) is 5.91 Å². The maximum atomic E-state index is 14.7. The Balaban J connectivity index is 1.46. The number of carbonyl (C=O) groups excluding carboxylic acids is 2. The van der Waals surface area contributed by atoms with E-state index in [1.807, 2.05) is 42.5 Å². The Kier molecular flexibility index (Phi) is 7.30. The second-order valence-corrected chi connectivity index (χ2v) is 8.67. The van der Waals surface area contributed by atoms with Crippen molar-refractivity contribution < 1.29 is 14.0 Å². The Labute approximate surface area is 194 Å². The molecule has 1 aliphatic heterocycles. The average molecular weight is 445 g/mol. The highest BCUT2D eigenvalue weighted by atomic mass is 19.1. The number of nitrogens with one attached hydrogen (secondary N) is 1. The number of ketones is 1. The first kappa shape index (κ1) is 22.9. The fourth-order valence-electron chi connectivity index (χ4n) is 4.59. The van der Waals surface area contributed by atoms with Crippen LogP contribution in [0.2, 0.25) is 0 Å². The van der Waals surface area contributed by atoms with Gasteiger partial charge >= 0.3 is 0 Å². The van der Waals surface area contributed by atoms with Gasteiger partial charge in [0.25, 0.3) is 0 Å². The van der Waals surface area contributed by atoms with Crippen LogP contribution >= 0.6 is 0 Å². The molecule has 4 nitrogen and oxygen atoms in total. The summed E-state index contributed by atoms with van der Waals surface area (Å²) in [7, 11) is 0. The van der Waals surface area contributed by atoms with E-state index >= 15 is 0 Å². The average Bonchev–Trinajstić information content (AvgIpc) is 2.86. The number of hydrogen-bond acceptors (Lipinski definition) is 3. The van der Waals surface area contributed by atoms with Gasteiger partial charge in [-0.3, -0.25) is 9.59 Å². The summed E-state index contributed by atoms with van der Waals surface area (Å²) in [6.45, 7) is 1.85. The van der Waals surface area contributed by atoms with Crippen molar-refractivity contribution in [2.75, 3.05) is 13.1 Å². The topological polar surface area (TPSA) is 72.2 Å². The normalized spacial score (nSPS) is 15.2. The maximum absolute atomic E-state index is 14.7. The minimum atomic E-state index is -0.834. The zero-order valence-electron chi connectivity index (χ0n) is 18.6. The number of carbonyl (C=O) groups is 2. The van der Waals surface area contributed by atoms with E-state index in [1.54, 1.807) is 24.3 Å². The third kappa shape index (κ3) is 5.55. The van der Waals surface area contributed by atoms with E-state index in [2.05, 4.69) is 5.32 Å². The first-order valence-corrected chi connectivity index (χ1v) is 11.5. The lowest BCUT2D eigenvalue weighted by molar-refractivity contribution is -0.119. The third-order valence-corrected chi connectivity index (χ3v) is 6.52. The van der Waals surface area contributed by atoms with Gasteiger partial charge in [0.05, 0.1) is 5.92 Å². The fraction of sp³-hybridized carbons (Fsp3) is 0.286. The zero-order valence-corrected chi connectivity index (χ0v) is 18.6. The van der Waals surface area contributed by atoms with Gasteiger partial charge in [-0.1, -0.05) is 66.7 Å². The van der Waals surface area contributed by atoms with E-state index in [1.165, 1.54) is 6.07 Å². The van der Waals surface area contributed by atoms with E-state index < -0.39 is 17.6 Å². The highest BCUT2D eigenvalue weighted by Crippen LogP contribution is 2.31. The molecule has 0 radical (unpaired) electrons. The van der Waals surface area contributed by atoms with Gasteiger partial charge in [0.15, 0.2) is 5.78 Å². The van der Waals surface area contributed by atoms with Gasteiger partial charge in [-0.25, -0.2) is 4.39 Å². The van der Waals surface area contributed by atoms with Gasteiger partial charge < -0.3 is 11.1 Å². The SMILES string of the molecule is NC(=O)C(CCC(=O)c1ccc(-c2ccccc2)cc1)c1cc(C2CCNCC2)ccc1F. The second kappa shape index (κ2) is 10.5. The van der Waals surface area contributed by atoms with Gasteiger partial charge in [-0.2, -0.15) is 0 Å². The van der Waals surface area contributed by atoms with Crippen molar-refractivity contribution in [3.63, 3.8) is 0 Å². The molecule has 1 heterocycles. The van der Waals surface area contributed by atoms with Crippen molar-refractivity contribution in [1.29, 1.82) is 0 Å². The lowest BCUT2D eigenvalue weighted by Crippen LogP contribution is -2.27. The molecule has 0 spiro atoms. The molecule has 0 saturated carbocycles. The Morgan fingerprint density at radius 2 is 1.61 bits per heavy atom. The molecular weight excluding hydrogens is 415 g/mol. The van der Waals surface area contributed by atoms with E-state index in [-0.39, 0.29) is 18.6 Å². The molecule has 3 aromatic rings. The van der Waals surface area contributed by atoms with Crippen LogP contribution in [0.4, 0.5) is 4.39 Å². The van der Waals surface area contributed by atoms with E-state index in [0.717, 1.165) is 42.6 Å². The van der Waals surface area contributed by atoms with Crippen molar-refractivity contribution in [2.24, 2.45) is 5.73 Å². The quantitative estimate of drug-likeness (QED) is 0.470. The van der Waals surface area contributed by atoms with E-state index in [9.17, 15) is 14.0 Å². The molecule has 170 valence electrons. The van der Waals surface area contributed by atoms with Crippen LogP contribution in [0.5, 0.6) is 0 Å². The molecule has 3 aromatic carbocycles. The van der Waals surface area contributed by atoms with Crippen molar-refractivity contribution in [2.45, 2.75) is 37.5 Å². The molecule has 4 rings (SSSR count). The summed E-state index contributed by atoms with van der Waals surface area (Å²) in [4.78, 5) is 25.0. The molecule has 1 atom stereocenters. The summed E-state index contributed by atoms with van der Waals surface area (Å²) >= 11 is 0. The number of nitrogens with two attached hydrogens (primary N) is 1. The van der Waals surface area contributed by atoms with E-state index in [0.29, 0.717) is 17.0 Å². The molecule has 0 aromatic heterocycles. The maximum Gasteiger partial charge on any atom is 0.225 e. The molecule has 1 saturated heterocycles. The smallest absolute Gasteiger partial charge is 0.225 e. The largest absolute Gasteiger partial charge is 0.369 e. The van der Waals surface area contributed by atoms with Crippen molar-refractivity contribution in [3.05, 3.63) is 95.3 Å². The highest BCUT2D eigenvalue weighted by molar-refractivity contribution is 5.97. The Morgan fingerprint density at radius 1 is 0.939 bits per heavy atom. The zero-order chi connectivity index (χ0) is 23.2. The molecule has 1 unspecified atom stereocenters. The molecule has 5 heteroatoms. The number of amides is 1. The standard InChI is InChI=1S/C28H29FN2O2/c29-26-12-10-23(21-14-16-31-17-15-21)18-25(26)24(28(30)33)11-13-27(32)22-8-6-20(7-9-22)19-4-2-1-3-5-19/h1-10,12,18,21,24,31H,11,13-17H2,(H2,30,33). The number of hydrogen-bond donors (Lipinski definition) is 2. The summed E-state index contributed by atoms with van der Waals surface area (Å²) in [5.41, 5.74) is 9.65. The van der Waals surface area contributed by atoms with Crippen LogP contribution in [0, 0.1) is 5.82 Å². The lowest BCUT2D eigenvalue weighted by Gasteiger charge is -2.24. The summed E-state index contributed by atoms with van der Waals surface area (Å²) in [5.74, 6) is -1.64. The van der Waals surface area contributed by atoms with Crippen LogP contribution in [0.3, 0.4) is 0 Å². The van der Waals surface area contributed by atoms with Gasteiger partial charge in [0, 0.05) is 17.5 Å². The predicted octanol–water partition coefficient (Wildman–Crippen LogP) is 5.19. The van der Waals surface area contributed by atoms with Crippen molar-refractivity contribution >= 4 is 11.7 Å². The highest BCUT2D eigenvalue weighted by Gasteiger charge is 2.25. The summed E-state index contributed by atoms with van der Waals surface area (Å²) in [6, 6.07) is 22.3. The molecule has 0 bridgehead atoms. The molecule has 3 N–H and O–H groups in total. The molecule has 1 amide bonds. The molecule has 1 fully saturated rings. The van der Waals surface area contributed by atoms with E-state index in [4.69, 9.17) is 5.73 Å².